The Kier molecular flexibility index (Phi) is 2.46. The van der Waals surface area contributed by atoms with E-state index >= 15 is 0 Å². The van der Waals surface area contributed by atoms with E-state index in [1.807, 2.05) is 25.4 Å². The lowest BCUT2D eigenvalue weighted by molar-refractivity contribution is -0.684. The van der Waals surface area contributed by atoms with E-state index in [1.165, 1.54) is 3.70 Å². The molecule has 0 saturated heterocycles. The number of pyridine rings is 1. The van der Waals surface area contributed by atoms with Crippen molar-refractivity contribution in [2.75, 3.05) is 0 Å². The molecule has 0 radical (unpaired) electrons. The second kappa shape index (κ2) is 2.96. The monoisotopic (exact) mass is 298 g/mol. The van der Waals surface area contributed by atoms with Crippen LogP contribution in [0, 0.1) is 3.70 Å². The van der Waals surface area contributed by atoms with Gasteiger partial charge in [0.1, 0.15) is 7.05 Å². The van der Waals surface area contributed by atoms with E-state index in [0.29, 0.717) is 0 Å². The first-order valence-electron chi connectivity index (χ1n) is 2.51. The predicted molar refractivity (Wildman–Crippen MR) is 48.0 cm³/mol. The fourth-order valence-electron chi connectivity index (χ4n) is 0.559. The second-order valence-electron chi connectivity index (χ2n) is 1.76. The Bertz CT molecular complexity index is 204. The van der Waals surface area contributed by atoms with Crippen LogP contribution in [0.1, 0.15) is 0 Å². The first kappa shape index (κ1) is 7.47. The van der Waals surface area contributed by atoms with E-state index in [9.17, 15) is 0 Å². The molecule has 0 fully saturated rings. The van der Waals surface area contributed by atoms with Crippen molar-refractivity contribution in [3.63, 3.8) is 0 Å². The SMILES string of the molecule is C[n+]1cccc(Br)c1I. The first-order valence-corrected chi connectivity index (χ1v) is 4.38. The van der Waals surface area contributed by atoms with E-state index in [0.717, 1.165) is 4.47 Å². The van der Waals surface area contributed by atoms with E-state index in [2.05, 4.69) is 43.1 Å². The summed E-state index contributed by atoms with van der Waals surface area (Å²) in [5.41, 5.74) is 0. The summed E-state index contributed by atoms with van der Waals surface area (Å²) in [6, 6.07) is 4.04. The highest BCUT2D eigenvalue weighted by molar-refractivity contribution is 14.1. The van der Waals surface area contributed by atoms with Crippen molar-refractivity contribution in [3.05, 3.63) is 26.5 Å². The van der Waals surface area contributed by atoms with Gasteiger partial charge in [0.05, 0.1) is 4.47 Å². The van der Waals surface area contributed by atoms with Crippen LogP contribution in [-0.2, 0) is 7.05 Å². The lowest BCUT2D eigenvalue weighted by Crippen LogP contribution is -2.31. The van der Waals surface area contributed by atoms with E-state index in [4.69, 9.17) is 0 Å². The summed E-state index contributed by atoms with van der Waals surface area (Å²) in [6.07, 6.45) is 2.02. The number of rotatable bonds is 0. The third-order valence-corrected chi connectivity index (χ3v) is 3.78. The molecule has 0 aromatic carbocycles. The van der Waals surface area contributed by atoms with E-state index in [-0.39, 0.29) is 0 Å². The molecule has 0 unspecified atom stereocenters. The van der Waals surface area contributed by atoms with Crippen LogP contribution >= 0.6 is 38.5 Å². The summed E-state index contributed by atoms with van der Waals surface area (Å²) in [4.78, 5) is 0. The van der Waals surface area contributed by atoms with Crippen molar-refractivity contribution in [1.29, 1.82) is 0 Å². The summed E-state index contributed by atoms with van der Waals surface area (Å²) in [5, 5.41) is 0. The van der Waals surface area contributed by atoms with Gasteiger partial charge in [-0.1, -0.05) is 0 Å². The van der Waals surface area contributed by atoms with Crippen LogP contribution < -0.4 is 4.57 Å². The number of halogens is 2. The summed E-state index contributed by atoms with van der Waals surface area (Å²) >= 11 is 5.70. The van der Waals surface area contributed by atoms with Crippen LogP contribution in [-0.4, -0.2) is 0 Å². The van der Waals surface area contributed by atoms with Gasteiger partial charge in [0.15, 0.2) is 6.20 Å². The van der Waals surface area contributed by atoms with Crippen molar-refractivity contribution in [2.45, 2.75) is 0 Å². The maximum Gasteiger partial charge on any atom is 0.255 e. The Morgan fingerprint density at radius 3 is 2.78 bits per heavy atom. The van der Waals surface area contributed by atoms with Gasteiger partial charge >= 0.3 is 0 Å². The number of nitrogens with zero attached hydrogens (tertiary/aromatic N) is 1. The summed E-state index contributed by atoms with van der Waals surface area (Å²) < 4.78 is 4.42. The van der Waals surface area contributed by atoms with Gasteiger partial charge in [-0.05, 0) is 22.0 Å². The highest BCUT2D eigenvalue weighted by atomic mass is 127. The van der Waals surface area contributed by atoms with Crippen LogP contribution in [0.3, 0.4) is 0 Å². The molecule has 0 atom stereocenters. The fourth-order valence-corrected chi connectivity index (χ4v) is 1.33. The van der Waals surface area contributed by atoms with Crippen LogP contribution in [0.15, 0.2) is 22.8 Å². The van der Waals surface area contributed by atoms with Crippen LogP contribution in [0.25, 0.3) is 0 Å². The molecule has 0 N–H and O–H groups in total. The molecule has 0 aliphatic carbocycles. The maximum absolute atomic E-state index is 3.42. The smallest absolute Gasteiger partial charge is 0.196 e. The van der Waals surface area contributed by atoms with E-state index in [1.54, 1.807) is 0 Å². The average Bonchev–Trinajstić information content (AvgIpc) is 1.83. The molecule has 0 amide bonds. The molecule has 1 aromatic heterocycles. The molecular weight excluding hydrogens is 293 g/mol. The summed E-state index contributed by atoms with van der Waals surface area (Å²) in [6.45, 7) is 0. The predicted octanol–water partition coefficient (Wildman–Crippen LogP) is 1.88. The van der Waals surface area contributed by atoms with Gasteiger partial charge in [0.2, 0.25) is 0 Å². The Morgan fingerprint density at radius 2 is 2.33 bits per heavy atom. The molecule has 9 heavy (non-hydrogen) atoms. The van der Waals surface area contributed by atoms with Crippen molar-refractivity contribution in [2.24, 2.45) is 7.05 Å². The third-order valence-electron chi connectivity index (χ3n) is 1.06. The number of aryl methyl sites for hydroxylation is 1. The molecule has 1 aromatic rings. The molecule has 1 rings (SSSR count). The standard InChI is InChI=1S/C6H6BrIN/c1-9-4-2-3-5(7)6(9)8/h2-4H,1H3/q+1. The van der Waals surface area contributed by atoms with Gasteiger partial charge in [-0.15, -0.1) is 0 Å². The Morgan fingerprint density at radius 1 is 1.67 bits per heavy atom. The molecule has 0 bridgehead atoms. The minimum absolute atomic E-state index is 1.15. The minimum Gasteiger partial charge on any atom is -0.196 e. The highest BCUT2D eigenvalue weighted by Gasteiger charge is 2.03. The summed E-state index contributed by atoms with van der Waals surface area (Å²) in [5.74, 6) is 0. The van der Waals surface area contributed by atoms with Crippen LogP contribution in [0.4, 0.5) is 0 Å². The fraction of sp³-hybridized carbons (Fsp3) is 0.167. The van der Waals surface area contributed by atoms with E-state index < -0.39 is 0 Å². The van der Waals surface area contributed by atoms with Gasteiger partial charge in [-0.2, -0.15) is 4.57 Å². The number of aromatic nitrogens is 1. The van der Waals surface area contributed by atoms with Crippen molar-refractivity contribution >= 4 is 38.5 Å². The molecule has 48 valence electrons. The normalized spacial score (nSPS) is 9.67. The highest BCUT2D eigenvalue weighted by Crippen LogP contribution is 2.12. The van der Waals surface area contributed by atoms with Gasteiger partial charge in [-0.3, -0.25) is 0 Å². The van der Waals surface area contributed by atoms with Crippen molar-refractivity contribution in [3.8, 4) is 0 Å². The largest absolute Gasteiger partial charge is 0.255 e. The zero-order chi connectivity index (χ0) is 6.85. The minimum atomic E-state index is 1.15. The zero-order valence-corrected chi connectivity index (χ0v) is 8.68. The van der Waals surface area contributed by atoms with Crippen LogP contribution in [0.2, 0.25) is 0 Å². The lowest BCUT2D eigenvalue weighted by atomic mass is 10.5. The molecule has 1 heterocycles. The van der Waals surface area contributed by atoms with Gasteiger partial charge in [0, 0.05) is 28.7 Å². The Labute approximate surface area is 76.4 Å². The summed E-state index contributed by atoms with van der Waals surface area (Å²) in [7, 11) is 2.02. The molecule has 3 heteroatoms. The van der Waals surface area contributed by atoms with Gasteiger partial charge in [-0.25, -0.2) is 0 Å². The van der Waals surface area contributed by atoms with Crippen molar-refractivity contribution in [1.82, 2.24) is 0 Å². The molecule has 0 aliphatic heterocycles. The second-order valence-corrected chi connectivity index (χ2v) is 3.63. The molecule has 0 saturated carbocycles. The number of hydrogen-bond acceptors (Lipinski definition) is 0. The zero-order valence-electron chi connectivity index (χ0n) is 4.94. The quantitative estimate of drug-likeness (QED) is 0.391. The lowest BCUT2D eigenvalue weighted by Gasteiger charge is -1.91. The first-order chi connectivity index (χ1) is 4.22. The number of hydrogen-bond donors (Lipinski definition) is 0. The van der Waals surface area contributed by atoms with Gasteiger partial charge < -0.3 is 0 Å². The molecular formula is C6H6BrIN+. The Hall–Kier alpha value is 0.360. The molecule has 0 spiro atoms. The van der Waals surface area contributed by atoms with Gasteiger partial charge in [0.25, 0.3) is 3.70 Å². The van der Waals surface area contributed by atoms with Crippen molar-refractivity contribution < 1.29 is 4.57 Å². The molecule has 0 aliphatic rings. The van der Waals surface area contributed by atoms with Crippen LogP contribution in [0.5, 0.6) is 0 Å². The average molecular weight is 299 g/mol. The molecule has 1 nitrogen and oxygen atoms in total. The maximum atomic E-state index is 3.42. The topological polar surface area (TPSA) is 3.88 Å². The third kappa shape index (κ3) is 1.64. The Balaban J connectivity index is 3.25.